The van der Waals surface area contributed by atoms with Gasteiger partial charge in [0.1, 0.15) is 6.04 Å². The second-order valence-corrected chi connectivity index (χ2v) is 7.51. The summed E-state index contributed by atoms with van der Waals surface area (Å²) in [5, 5.41) is 11.0. The lowest BCUT2D eigenvalue weighted by Gasteiger charge is -2.21. The number of ether oxygens (including phenoxy) is 1. The summed E-state index contributed by atoms with van der Waals surface area (Å²) in [6.07, 6.45) is 3.03. The molecule has 3 rings (SSSR count). The third-order valence-electron chi connectivity index (χ3n) is 5.68. The van der Waals surface area contributed by atoms with Gasteiger partial charge in [-0.25, -0.2) is 4.79 Å². The van der Waals surface area contributed by atoms with Gasteiger partial charge < -0.3 is 4.74 Å². The first-order valence-corrected chi connectivity index (χ1v) is 9.54. The first-order valence-electron chi connectivity index (χ1n) is 9.54. The van der Waals surface area contributed by atoms with E-state index in [4.69, 9.17) is 4.74 Å². The Kier molecular flexibility index (Phi) is 5.76. The third-order valence-corrected chi connectivity index (χ3v) is 5.68. The molecule has 2 fully saturated rings. The number of rotatable bonds is 6. The fourth-order valence-corrected chi connectivity index (χ4v) is 4.00. The third kappa shape index (κ3) is 3.90. The number of nitro benzene ring substituents is 1. The van der Waals surface area contributed by atoms with Crippen LogP contribution >= 0.6 is 0 Å². The van der Waals surface area contributed by atoms with Crippen molar-refractivity contribution in [1.82, 2.24) is 4.90 Å². The first kappa shape index (κ1) is 20.6. The van der Waals surface area contributed by atoms with Crippen molar-refractivity contribution in [3.63, 3.8) is 0 Å². The van der Waals surface area contributed by atoms with Crippen LogP contribution in [0.4, 0.5) is 5.69 Å². The van der Waals surface area contributed by atoms with Gasteiger partial charge in [-0.05, 0) is 26.7 Å². The maximum Gasteiger partial charge on any atom is 0.329 e. The van der Waals surface area contributed by atoms with Gasteiger partial charge in [0.15, 0.2) is 6.61 Å². The monoisotopic (exact) mass is 402 g/mol. The van der Waals surface area contributed by atoms with E-state index >= 15 is 0 Å². The number of nitro groups is 1. The van der Waals surface area contributed by atoms with Crippen LogP contribution in [0.15, 0.2) is 18.2 Å². The van der Waals surface area contributed by atoms with Crippen molar-refractivity contribution in [2.24, 2.45) is 11.8 Å². The fraction of sp³-hybridized carbons (Fsp3) is 0.500. The summed E-state index contributed by atoms with van der Waals surface area (Å²) in [4.78, 5) is 61.1. The van der Waals surface area contributed by atoms with Crippen molar-refractivity contribution in [2.75, 3.05) is 6.61 Å². The van der Waals surface area contributed by atoms with Crippen molar-refractivity contribution in [2.45, 2.75) is 45.6 Å². The van der Waals surface area contributed by atoms with E-state index < -0.39 is 29.3 Å². The number of fused-ring (bicyclic) bond motifs is 1. The lowest BCUT2D eigenvalue weighted by Crippen LogP contribution is -2.44. The quantitative estimate of drug-likeness (QED) is 0.235. The van der Waals surface area contributed by atoms with Gasteiger partial charge >= 0.3 is 5.97 Å². The Balaban J connectivity index is 1.64. The standard InChI is InChI=1S/C20H22N2O7/c1-11-7-8-13(9-16(11)22(27)28)17(23)10-29-20(26)12(2)21-18(24)14-5-3-4-6-15(14)19(21)25/h7-9,12,14-15H,3-6,10H2,1-2H3/t12-,14+,15+/m0/s1. The lowest BCUT2D eigenvalue weighted by molar-refractivity contribution is -0.385. The molecule has 1 saturated carbocycles. The molecule has 1 heterocycles. The minimum atomic E-state index is -1.12. The van der Waals surface area contributed by atoms with Crippen LogP contribution in [0, 0.1) is 28.9 Å². The number of amides is 2. The van der Waals surface area contributed by atoms with Crippen LogP contribution in [0.5, 0.6) is 0 Å². The predicted molar refractivity (Wildman–Crippen MR) is 99.9 cm³/mol. The van der Waals surface area contributed by atoms with E-state index in [1.165, 1.54) is 19.1 Å². The van der Waals surface area contributed by atoms with Gasteiger partial charge in [0, 0.05) is 17.2 Å². The number of hydrogen-bond acceptors (Lipinski definition) is 7. The molecule has 9 nitrogen and oxygen atoms in total. The molecule has 0 bridgehead atoms. The highest BCUT2D eigenvalue weighted by Crippen LogP contribution is 2.38. The number of carbonyl (C=O) groups is 4. The highest BCUT2D eigenvalue weighted by atomic mass is 16.6. The highest BCUT2D eigenvalue weighted by molar-refractivity contribution is 6.08. The van der Waals surface area contributed by atoms with Gasteiger partial charge in [-0.3, -0.25) is 29.4 Å². The van der Waals surface area contributed by atoms with Crippen LogP contribution in [-0.2, 0) is 19.1 Å². The molecule has 154 valence electrons. The van der Waals surface area contributed by atoms with E-state index in [2.05, 4.69) is 0 Å². The zero-order valence-electron chi connectivity index (χ0n) is 16.3. The summed E-state index contributed by atoms with van der Waals surface area (Å²) < 4.78 is 5.01. The minimum absolute atomic E-state index is 0.0436. The van der Waals surface area contributed by atoms with Crippen LogP contribution in [0.1, 0.15) is 48.5 Å². The van der Waals surface area contributed by atoms with Gasteiger partial charge in [-0.15, -0.1) is 0 Å². The summed E-state index contributed by atoms with van der Waals surface area (Å²) in [7, 11) is 0. The number of hydrogen-bond donors (Lipinski definition) is 0. The number of benzene rings is 1. The van der Waals surface area contributed by atoms with Gasteiger partial charge in [0.2, 0.25) is 17.6 Å². The predicted octanol–water partition coefficient (Wildman–Crippen LogP) is 2.19. The molecule has 2 aliphatic rings. The molecule has 1 saturated heterocycles. The van der Waals surface area contributed by atoms with E-state index in [-0.39, 0.29) is 34.9 Å². The second kappa shape index (κ2) is 8.10. The largest absolute Gasteiger partial charge is 0.456 e. The summed E-state index contributed by atoms with van der Waals surface area (Å²) >= 11 is 0. The van der Waals surface area contributed by atoms with Gasteiger partial charge in [0.05, 0.1) is 16.8 Å². The number of likely N-dealkylation sites (tertiary alicyclic amines) is 1. The van der Waals surface area contributed by atoms with Gasteiger partial charge in [0.25, 0.3) is 5.69 Å². The molecular formula is C20H22N2O7. The summed E-state index contributed by atoms with van der Waals surface area (Å²) in [5.74, 6) is -2.93. The Morgan fingerprint density at radius 3 is 2.34 bits per heavy atom. The Labute approximate surface area is 167 Å². The Hall–Kier alpha value is -3.10. The summed E-state index contributed by atoms with van der Waals surface area (Å²) in [5.41, 5.74) is 0.248. The molecule has 3 atom stereocenters. The Bertz CT molecular complexity index is 871. The number of carbonyl (C=O) groups excluding carboxylic acids is 4. The van der Waals surface area contributed by atoms with Crippen LogP contribution < -0.4 is 0 Å². The average molecular weight is 402 g/mol. The number of aryl methyl sites for hydroxylation is 1. The molecule has 0 N–H and O–H groups in total. The van der Waals surface area contributed by atoms with Gasteiger partial charge in [-0.2, -0.15) is 0 Å². The Morgan fingerprint density at radius 1 is 1.21 bits per heavy atom. The number of Topliss-reactive ketones (excluding diaryl/α,β-unsaturated/α-hetero) is 1. The van der Waals surface area contributed by atoms with E-state index in [0.29, 0.717) is 18.4 Å². The molecule has 0 unspecified atom stereocenters. The summed E-state index contributed by atoms with van der Waals surface area (Å²) in [6.45, 7) is 2.32. The fourth-order valence-electron chi connectivity index (χ4n) is 4.00. The van der Waals surface area contributed by atoms with E-state index in [0.717, 1.165) is 23.8 Å². The van der Waals surface area contributed by atoms with E-state index in [1.54, 1.807) is 6.92 Å². The van der Waals surface area contributed by atoms with Crippen molar-refractivity contribution >= 4 is 29.3 Å². The van der Waals surface area contributed by atoms with Crippen molar-refractivity contribution < 1.29 is 28.8 Å². The smallest absolute Gasteiger partial charge is 0.329 e. The molecular weight excluding hydrogens is 380 g/mol. The molecule has 29 heavy (non-hydrogen) atoms. The van der Waals surface area contributed by atoms with Crippen LogP contribution in [0.25, 0.3) is 0 Å². The van der Waals surface area contributed by atoms with E-state index in [9.17, 15) is 29.3 Å². The van der Waals surface area contributed by atoms with Crippen molar-refractivity contribution in [3.05, 3.63) is 39.4 Å². The topological polar surface area (TPSA) is 124 Å². The van der Waals surface area contributed by atoms with Crippen molar-refractivity contribution in [1.29, 1.82) is 0 Å². The number of esters is 1. The SMILES string of the molecule is Cc1ccc(C(=O)COC(=O)[C@H](C)N2C(=O)[C@@H]3CCCC[C@H]3C2=O)cc1[N+](=O)[O-]. The number of ketones is 1. The zero-order chi connectivity index (χ0) is 21.3. The molecule has 1 aliphatic carbocycles. The normalized spacial score (nSPS) is 22.2. The van der Waals surface area contributed by atoms with Gasteiger partial charge in [-0.1, -0.05) is 25.0 Å². The first-order chi connectivity index (χ1) is 13.7. The zero-order valence-corrected chi connectivity index (χ0v) is 16.3. The molecule has 2 amide bonds. The average Bonchev–Trinajstić information content (AvgIpc) is 2.96. The second-order valence-electron chi connectivity index (χ2n) is 7.51. The minimum Gasteiger partial charge on any atom is -0.456 e. The highest BCUT2D eigenvalue weighted by Gasteiger charge is 2.51. The number of imide groups is 1. The van der Waals surface area contributed by atoms with Crippen LogP contribution in [-0.4, -0.2) is 46.0 Å². The maximum absolute atomic E-state index is 12.6. The molecule has 0 aromatic heterocycles. The lowest BCUT2D eigenvalue weighted by atomic mass is 9.81. The van der Waals surface area contributed by atoms with Crippen molar-refractivity contribution in [3.8, 4) is 0 Å². The number of nitrogens with zero attached hydrogens (tertiary/aromatic N) is 2. The van der Waals surface area contributed by atoms with Crippen LogP contribution in [0.2, 0.25) is 0 Å². The molecule has 0 spiro atoms. The molecule has 1 aromatic rings. The molecule has 1 aromatic carbocycles. The van der Waals surface area contributed by atoms with E-state index in [1.807, 2.05) is 0 Å². The molecule has 1 aliphatic heterocycles. The maximum atomic E-state index is 12.6. The Morgan fingerprint density at radius 2 is 1.79 bits per heavy atom. The molecule has 9 heteroatoms. The molecule has 0 radical (unpaired) electrons. The van der Waals surface area contributed by atoms with Crippen LogP contribution in [0.3, 0.4) is 0 Å². The summed E-state index contributed by atoms with van der Waals surface area (Å²) in [6, 6.07) is 2.87.